The van der Waals surface area contributed by atoms with Gasteiger partial charge in [0, 0.05) is 30.7 Å². The molecule has 0 aliphatic carbocycles. The summed E-state index contributed by atoms with van der Waals surface area (Å²) in [4.78, 5) is 4.20. The number of methoxy groups -OCH3 is 1. The SMILES string of the molecule is CCNCc1ccn(Cc2cccnc2OC)c1. The van der Waals surface area contributed by atoms with Crippen molar-refractivity contribution in [3.63, 3.8) is 0 Å². The van der Waals surface area contributed by atoms with Gasteiger partial charge in [-0.25, -0.2) is 4.98 Å². The van der Waals surface area contributed by atoms with Crippen LogP contribution in [0, 0.1) is 0 Å². The Labute approximate surface area is 108 Å². The van der Waals surface area contributed by atoms with E-state index in [1.54, 1.807) is 13.3 Å². The molecule has 1 N–H and O–H groups in total. The predicted molar refractivity (Wildman–Crippen MR) is 71.7 cm³/mol. The van der Waals surface area contributed by atoms with E-state index >= 15 is 0 Å². The molecule has 2 rings (SSSR count). The summed E-state index contributed by atoms with van der Waals surface area (Å²) < 4.78 is 7.40. The summed E-state index contributed by atoms with van der Waals surface area (Å²) in [7, 11) is 1.65. The van der Waals surface area contributed by atoms with E-state index in [2.05, 4.69) is 40.3 Å². The van der Waals surface area contributed by atoms with E-state index < -0.39 is 0 Å². The molecule has 0 bridgehead atoms. The Bertz CT molecular complexity index is 493. The standard InChI is InChI=1S/C14H19N3O/c1-3-15-9-12-6-8-17(10-12)11-13-5-4-7-16-14(13)18-2/h4-8,10,15H,3,9,11H2,1-2H3. The molecule has 0 saturated heterocycles. The van der Waals surface area contributed by atoms with Gasteiger partial charge in [0.2, 0.25) is 5.88 Å². The average Bonchev–Trinajstić information content (AvgIpc) is 2.84. The normalized spacial score (nSPS) is 10.6. The Morgan fingerprint density at radius 2 is 2.28 bits per heavy atom. The molecule has 0 unspecified atom stereocenters. The van der Waals surface area contributed by atoms with Crippen LogP contribution in [0.3, 0.4) is 0 Å². The molecule has 0 spiro atoms. The number of rotatable bonds is 6. The molecular formula is C14H19N3O. The summed E-state index contributed by atoms with van der Waals surface area (Å²) in [5, 5.41) is 3.31. The molecule has 4 nitrogen and oxygen atoms in total. The van der Waals surface area contributed by atoms with Crippen LogP contribution in [0.1, 0.15) is 18.1 Å². The Balaban J connectivity index is 2.06. The van der Waals surface area contributed by atoms with Gasteiger partial charge in [0.15, 0.2) is 0 Å². The van der Waals surface area contributed by atoms with Crippen LogP contribution in [-0.4, -0.2) is 23.2 Å². The molecule has 2 aromatic rings. The van der Waals surface area contributed by atoms with E-state index in [1.807, 2.05) is 12.1 Å². The van der Waals surface area contributed by atoms with E-state index in [0.717, 1.165) is 25.2 Å². The van der Waals surface area contributed by atoms with Crippen LogP contribution in [0.25, 0.3) is 0 Å². The molecule has 4 heteroatoms. The van der Waals surface area contributed by atoms with Gasteiger partial charge in [0.25, 0.3) is 0 Å². The molecule has 2 heterocycles. The van der Waals surface area contributed by atoms with Crippen LogP contribution in [0.2, 0.25) is 0 Å². The smallest absolute Gasteiger partial charge is 0.218 e. The molecule has 0 amide bonds. The van der Waals surface area contributed by atoms with Crippen LogP contribution in [0.15, 0.2) is 36.8 Å². The van der Waals surface area contributed by atoms with Crippen molar-refractivity contribution in [1.29, 1.82) is 0 Å². The van der Waals surface area contributed by atoms with Crippen LogP contribution in [0.5, 0.6) is 5.88 Å². The molecule has 18 heavy (non-hydrogen) atoms. The first-order valence-electron chi connectivity index (χ1n) is 6.16. The minimum absolute atomic E-state index is 0.694. The lowest BCUT2D eigenvalue weighted by molar-refractivity contribution is 0.391. The van der Waals surface area contributed by atoms with Gasteiger partial charge in [0.05, 0.1) is 13.7 Å². The highest BCUT2D eigenvalue weighted by Crippen LogP contribution is 2.15. The molecule has 0 atom stereocenters. The Morgan fingerprint density at radius 1 is 1.39 bits per heavy atom. The van der Waals surface area contributed by atoms with Gasteiger partial charge in [-0.05, 0) is 24.2 Å². The van der Waals surface area contributed by atoms with Gasteiger partial charge in [-0.15, -0.1) is 0 Å². The van der Waals surface area contributed by atoms with Crippen LogP contribution >= 0.6 is 0 Å². The quantitative estimate of drug-likeness (QED) is 0.846. The van der Waals surface area contributed by atoms with E-state index in [4.69, 9.17) is 4.74 Å². The largest absolute Gasteiger partial charge is 0.481 e. The number of nitrogens with one attached hydrogen (secondary N) is 1. The van der Waals surface area contributed by atoms with E-state index in [0.29, 0.717) is 5.88 Å². The monoisotopic (exact) mass is 245 g/mol. The molecular weight excluding hydrogens is 226 g/mol. The molecule has 0 aromatic carbocycles. The summed E-state index contributed by atoms with van der Waals surface area (Å²) in [6.07, 6.45) is 5.98. The number of hydrogen-bond donors (Lipinski definition) is 1. The van der Waals surface area contributed by atoms with Crippen molar-refractivity contribution in [3.8, 4) is 5.88 Å². The highest BCUT2D eigenvalue weighted by Gasteiger charge is 2.04. The van der Waals surface area contributed by atoms with E-state index in [-0.39, 0.29) is 0 Å². The maximum Gasteiger partial charge on any atom is 0.218 e. The molecule has 0 aliphatic heterocycles. The minimum Gasteiger partial charge on any atom is -0.481 e. The Kier molecular flexibility index (Phi) is 4.36. The lowest BCUT2D eigenvalue weighted by atomic mass is 10.2. The van der Waals surface area contributed by atoms with Crippen molar-refractivity contribution >= 4 is 0 Å². The first kappa shape index (κ1) is 12.6. The fraction of sp³-hybridized carbons (Fsp3) is 0.357. The second kappa shape index (κ2) is 6.21. The molecule has 0 fully saturated rings. The van der Waals surface area contributed by atoms with Crippen molar-refractivity contribution in [2.75, 3.05) is 13.7 Å². The van der Waals surface area contributed by atoms with E-state index in [9.17, 15) is 0 Å². The van der Waals surface area contributed by atoms with Gasteiger partial charge in [-0.3, -0.25) is 0 Å². The summed E-state index contributed by atoms with van der Waals surface area (Å²) in [5.74, 6) is 0.694. The zero-order valence-electron chi connectivity index (χ0n) is 10.9. The highest BCUT2D eigenvalue weighted by atomic mass is 16.5. The number of nitrogens with zero attached hydrogens (tertiary/aromatic N) is 2. The summed E-state index contributed by atoms with van der Waals surface area (Å²) in [6.45, 7) is 4.79. The third kappa shape index (κ3) is 3.11. The van der Waals surface area contributed by atoms with Gasteiger partial charge in [0.1, 0.15) is 0 Å². The Hall–Kier alpha value is -1.81. The lowest BCUT2D eigenvalue weighted by Gasteiger charge is -2.07. The van der Waals surface area contributed by atoms with Crippen LogP contribution in [-0.2, 0) is 13.1 Å². The van der Waals surface area contributed by atoms with Gasteiger partial charge >= 0.3 is 0 Å². The second-order valence-corrected chi connectivity index (χ2v) is 4.14. The topological polar surface area (TPSA) is 39.1 Å². The lowest BCUT2D eigenvalue weighted by Crippen LogP contribution is -2.11. The molecule has 0 radical (unpaired) electrons. The molecule has 0 aliphatic rings. The van der Waals surface area contributed by atoms with Crippen molar-refractivity contribution in [3.05, 3.63) is 47.9 Å². The zero-order valence-corrected chi connectivity index (χ0v) is 10.9. The first-order valence-corrected chi connectivity index (χ1v) is 6.16. The van der Waals surface area contributed by atoms with Crippen molar-refractivity contribution in [2.24, 2.45) is 0 Å². The fourth-order valence-electron chi connectivity index (χ4n) is 1.89. The zero-order chi connectivity index (χ0) is 12.8. The van der Waals surface area contributed by atoms with Crippen molar-refractivity contribution in [1.82, 2.24) is 14.9 Å². The molecule has 0 saturated carbocycles. The second-order valence-electron chi connectivity index (χ2n) is 4.14. The minimum atomic E-state index is 0.694. The van der Waals surface area contributed by atoms with Gasteiger partial charge in [-0.2, -0.15) is 0 Å². The number of hydrogen-bond acceptors (Lipinski definition) is 3. The average molecular weight is 245 g/mol. The first-order chi connectivity index (χ1) is 8.83. The van der Waals surface area contributed by atoms with Crippen molar-refractivity contribution in [2.45, 2.75) is 20.0 Å². The predicted octanol–water partition coefficient (Wildman–Crippen LogP) is 2.05. The van der Waals surface area contributed by atoms with Crippen LogP contribution < -0.4 is 10.1 Å². The van der Waals surface area contributed by atoms with Crippen LogP contribution in [0.4, 0.5) is 0 Å². The Morgan fingerprint density at radius 3 is 3.06 bits per heavy atom. The third-order valence-corrected chi connectivity index (χ3v) is 2.79. The van der Waals surface area contributed by atoms with Gasteiger partial charge < -0.3 is 14.6 Å². The summed E-state index contributed by atoms with van der Waals surface area (Å²) >= 11 is 0. The van der Waals surface area contributed by atoms with Gasteiger partial charge in [-0.1, -0.05) is 13.0 Å². The molecule has 2 aromatic heterocycles. The van der Waals surface area contributed by atoms with Crippen molar-refractivity contribution < 1.29 is 4.74 Å². The summed E-state index contributed by atoms with van der Waals surface area (Å²) in [5.41, 5.74) is 2.38. The van der Waals surface area contributed by atoms with E-state index in [1.165, 1.54) is 5.56 Å². The number of pyridine rings is 1. The molecule has 96 valence electrons. The maximum absolute atomic E-state index is 5.25. The third-order valence-electron chi connectivity index (χ3n) is 2.79. The summed E-state index contributed by atoms with van der Waals surface area (Å²) in [6, 6.07) is 6.10. The highest BCUT2D eigenvalue weighted by molar-refractivity contribution is 5.26. The number of ether oxygens (including phenoxy) is 1. The maximum atomic E-state index is 5.25. The number of aromatic nitrogens is 2. The fourth-order valence-corrected chi connectivity index (χ4v) is 1.89.